The van der Waals surface area contributed by atoms with Gasteiger partial charge in [0, 0.05) is 25.1 Å². The van der Waals surface area contributed by atoms with E-state index >= 15 is 0 Å². The molecule has 0 amide bonds. The summed E-state index contributed by atoms with van der Waals surface area (Å²) in [6, 6.07) is 16.1. The summed E-state index contributed by atoms with van der Waals surface area (Å²) in [5.74, 6) is 0.815. The van der Waals surface area contributed by atoms with Crippen molar-refractivity contribution in [2.75, 3.05) is 5.32 Å². The monoisotopic (exact) mass is 295 g/mol. The predicted octanol–water partition coefficient (Wildman–Crippen LogP) is 4.41. The number of halogens is 1. The molecule has 0 fully saturated rings. The molecule has 1 aromatic carbocycles. The van der Waals surface area contributed by atoms with Crippen LogP contribution in [0.25, 0.3) is 11.1 Å². The van der Waals surface area contributed by atoms with Crippen LogP contribution >= 0.6 is 11.6 Å². The quantitative estimate of drug-likeness (QED) is 0.775. The molecule has 21 heavy (non-hydrogen) atoms. The standard InChI is InChI=1S/C17H14ClN3/c18-16-7-8-17(21-12-16)20-10-13-3-5-14(6-4-13)15-2-1-9-19-11-15/h1-9,11-12H,10H2,(H,20,21). The van der Waals surface area contributed by atoms with E-state index in [9.17, 15) is 0 Å². The van der Waals surface area contributed by atoms with E-state index in [2.05, 4.69) is 45.6 Å². The average Bonchev–Trinajstić information content (AvgIpc) is 2.56. The van der Waals surface area contributed by atoms with Gasteiger partial charge in [-0.05, 0) is 34.9 Å². The van der Waals surface area contributed by atoms with Gasteiger partial charge in [-0.3, -0.25) is 4.98 Å². The van der Waals surface area contributed by atoms with Crippen molar-refractivity contribution in [3.8, 4) is 11.1 Å². The Morgan fingerprint density at radius 1 is 0.905 bits per heavy atom. The summed E-state index contributed by atoms with van der Waals surface area (Å²) in [4.78, 5) is 8.34. The zero-order chi connectivity index (χ0) is 14.5. The van der Waals surface area contributed by atoms with Gasteiger partial charge in [0.2, 0.25) is 0 Å². The Morgan fingerprint density at radius 2 is 1.76 bits per heavy atom. The molecule has 0 bridgehead atoms. The zero-order valence-electron chi connectivity index (χ0n) is 11.3. The lowest BCUT2D eigenvalue weighted by molar-refractivity contribution is 1.11. The predicted molar refractivity (Wildman–Crippen MR) is 86.2 cm³/mol. The molecule has 3 nitrogen and oxygen atoms in total. The van der Waals surface area contributed by atoms with Crippen LogP contribution in [-0.4, -0.2) is 9.97 Å². The number of pyridine rings is 2. The van der Waals surface area contributed by atoms with E-state index in [4.69, 9.17) is 11.6 Å². The van der Waals surface area contributed by atoms with Gasteiger partial charge in [0.25, 0.3) is 0 Å². The van der Waals surface area contributed by atoms with Crippen LogP contribution in [0.15, 0.2) is 67.1 Å². The van der Waals surface area contributed by atoms with Gasteiger partial charge in [0.05, 0.1) is 5.02 Å². The van der Waals surface area contributed by atoms with Gasteiger partial charge >= 0.3 is 0 Å². The van der Waals surface area contributed by atoms with Crippen LogP contribution in [0.5, 0.6) is 0 Å². The molecule has 0 aliphatic heterocycles. The minimum Gasteiger partial charge on any atom is -0.366 e. The van der Waals surface area contributed by atoms with Gasteiger partial charge in [0.15, 0.2) is 0 Å². The van der Waals surface area contributed by atoms with Gasteiger partial charge in [-0.15, -0.1) is 0 Å². The fraction of sp³-hybridized carbons (Fsp3) is 0.0588. The highest BCUT2D eigenvalue weighted by molar-refractivity contribution is 6.30. The molecule has 4 heteroatoms. The minimum atomic E-state index is 0.640. The molecule has 0 aliphatic carbocycles. The van der Waals surface area contributed by atoms with Crippen LogP contribution in [0.3, 0.4) is 0 Å². The van der Waals surface area contributed by atoms with E-state index < -0.39 is 0 Å². The first kappa shape index (κ1) is 13.6. The summed E-state index contributed by atoms with van der Waals surface area (Å²) in [7, 11) is 0. The highest BCUT2D eigenvalue weighted by atomic mass is 35.5. The lowest BCUT2D eigenvalue weighted by atomic mass is 10.1. The van der Waals surface area contributed by atoms with E-state index in [1.54, 1.807) is 12.4 Å². The molecule has 0 saturated heterocycles. The molecule has 0 saturated carbocycles. The normalized spacial score (nSPS) is 10.3. The molecule has 2 heterocycles. The van der Waals surface area contributed by atoms with Crippen LogP contribution in [0, 0.1) is 0 Å². The zero-order valence-corrected chi connectivity index (χ0v) is 12.1. The van der Waals surface area contributed by atoms with Gasteiger partial charge in [0.1, 0.15) is 5.82 Å². The summed E-state index contributed by atoms with van der Waals surface area (Å²) in [5.41, 5.74) is 3.48. The molecule has 1 N–H and O–H groups in total. The first-order chi connectivity index (χ1) is 10.3. The molecule has 2 aromatic heterocycles. The van der Waals surface area contributed by atoms with E-state index in [0.29, 0.717) is 5.02 Å². The molecule has 3 aromatic rings. The minimum absolute atomic E-state index is 0.640. The van der Waals surface area contributed by atoms with Crippen LogP contribution in [-0.2, 0) is 6.54 Å². The fourth-order valence-electron chi connectivity index (χ4n) is 2.02. The Bertz CT molecular complexity index is 694. The molecule has 104 valence electrons. The topological polar surface area (TPSA) is 37.8 Å². The molecule has 0 spiro atoms. The van der Waals surface area contributed by atoms with E-state index in [0.717, 1.165) is 23.5 Å². The van der Waals surface area contributed by atoms with E-state index in [-0.39, 0.29) is 0 Å². The van der Waals surface area contributed by atoms with Crippen LogP contribution in [0.2, 0.25) is 5.02 Å². The number of hydrogen-bond acceptors (Lipinski definition) is 3. The summed E-state index contributed by atoms with van der Waals surface area (Å²) < 4.78 is 0. The number of aromatic nitrogens is 2. The molecule has 0 atom stereocenters. The highest BCUT2D eigenvalue weighted by Crippen LogP contribution is 2.19. The molecule has 0 aliphatic rings. The van der Waals surface area contributed by atoms with E-state index in [1.165, 1.54) is 5.56 Å². The van der Waals surface area contributed by atoms with Crippen molar-refractivity contribution < 1.29 is 0 Å². The molecule has 3 rings (SSSR count). The Kier molecular flexibility index (Phi) is 4.12. The van der Waals surface area contributed by atoms with Crippen molar-refractivity contribution in [2.45, 2.75) is 6.54 Å². The van der Waals surface area contributed by atoms with Crippen molar-refractivity contribution in [1.82, 2.24) is 9.97 Å². The Labute approximate surface area is 128 Å². The Hall–Kier alpha value is -2.39. The maximum atomic E-state index is 5.81. The second-order valence-corrected chi connectivity index (χ2v) is 5.09. The average molecular weight is 296 g/mol. The van der Waals surface area contributed by atoms with Crippen molar-refractivity contribution in [2.24, 2.45) is 0 Å². The Balaban J connectivity index is 1.66. The Morgan fingerprint density at radius 3 is 2.43 bits per heavy atom. The second-order valence-electron chi connectivity index (χ2n) is 4.65. The summed E-state index contributed by atoms with van der Waals surface area (Å²) in [6.07, 6.45) is 5.28. The fourth-order valence-corrected chi connectivity index (χ4v) is 2.13. The third-order valence-corrected chi connectivity index (χ3v) is 3.37. The maximum Gasteiger partial charge on any atom is 0.126 e. The number of anilines is 1. The third kappa shape index (κ3) is 3.58. The number of benzene rings is 1. The van der Waals surface area contributed by atoms with Crippen molar-refractivity contribution in [3.05, 3.63) is 77.7 Å². The molecule has 0 unspecified atom stereocenters. The number of nitrogens with one attached hydrogen (secondary N) is 1. The number of nitrogens with zero attached hydrogens (tertiary/aromatic N) is 2. The first-order valence-electron chi connectivity index (χ1n) is 6.66. The highest BCUT2D eigenvalue weighted by Gasteiger charge is 1.99. The lowest BCUT2D eigenvalue weighted by Gasteiger charge is -2.07. The van der Waals surface area contributed by atoms with Crippen LogP contribution < -0.4 is 5.32 Å². The molecular formula is C17H14ClN3. The van der Waals surface area contributed by atoms with Crippen LogP contribution in [0.4, 0.5) is 5.82 Å². The van der Waals surface area contributed by atoms with Crippen molar-refractivity contribution >= 4 is 17.4 Å². The second kappa shape index (κ2) is 6.37. The van der Waals surface area contributed by atoms with Crippen molar-refractivity contribution in [1.29, 1.82) is 0 Å². The van der Waals surface area contributed by atoms with E-state index in [1.807, 2.05) is 24.4 Å². The summed E-state index contributed by atoms with van der Waals surface area (Å²) in [6.45, 7) is 0.724. The van der Waals surface area contributed by atoms with Gasteiger partial charge in [-0.1, -0.05) is 41.9 Å². The summed E-state index contributed by atoms with van der Waals surface area (Å²) in [5, 5.41) is 3.91. The van der Waals surface area contributed by atoms with Gasteiger partial charge in [-0.2, -0.15) is 0 Å². The largest absolute Gasteiger partial charge is 0.366 e. The SMILES string of the molecule is Clc1ccc(NCc2ccc(-c3cccnc3)cc2)nc1. The smallest absolute Gasteiger partial charge is 0.126 e. The van der Waals surface area contributed by atoms with Crippen LogP contribution in [0.1, 0.15) is 5.56 Å². The molecular weight excluding hydrogens is 282 g/mol. The van der Waals surface area contributed by atoms with Gasteiger partial charge in [-0.25, -0.2) is 4.98 Å². The first-order valence-corrected chi connectivity index (χ1v) is 7.04. The maximum absolute atomic E-state index is 5.81. The number of rotatable bonds is 4. The third-order valence-electron chi connectivity index (χ3n) is 3.15. The molecule has 0 radical (unpaired) electrons. The van der Waals surface area contributed by atoms with Crippen molar-refractivity contribution in [3.63, 3.8) is 0 Å². The number of hydrogen-bond donors (Lipinski definition) is 1. The van der Waals surface area contributed by atoms with Gasteiger partial charge < -0.3 is 5.32 Å². The summed E-state index contributed by atoms with van der Waals surface area (Å²) >= 11 is 5.81. The lowest BCUT2D eigenvalue weighted by Crippen LogP contribution is -2.00.